The molecule has 0 atom stereocenters. The zero-order valence-electron chi connectivity index (χ0n) is 11.1. The van der Waals surface area contributed by atoms with Crippen molar-refractivity contribution in [3.8, 4) is 0 Å². The van der Waals surface area contributed by atoms with Crippen molar-refractivity contribution < 1.29 is 4.74 Å². The van der Waals surface area contributed by atoms with Crippen molar-refractivity contribution in [2.45, 2.75) is 51.6 Å². The molecule has 1 N–H and O–H groups in total. The van der Waals surface area contributed by atoms with Crippen LogP contribution >= 0.6 is 0 Å². The summed E-state index contributed by atoms with van der Waals surface area (Å²) in [6.07, 6.45) is 7.07. The van der Waals surface area contributed by atoms with Gasteiger partial charge in [-0.05, 0) is 76.8 Å². The molecular formula is C14H27NO. The fourth-order valence-electron chi connectivity index (χ4n) is 2.53. The average molecular weight is 225 g/mol. The molecule has 2 heteroatoms. The Kier molecular flexibility index (Phi) is 3.91. The van der Waals surface area contributed by atoms with Crippen molar-refractivity contribution in [3.63, 3.8) is 0 Å². The van der Waals surface area contributed by atoms with E-state index in [1.807, 2.05) is 0 Å². The Morgan fingerprint density at radius 3 is 2.19 bits per heavy atom. The van der Waals surface area contributed by atoms with E-state index >= 15 is 0 Å². The molecule has 2 nitrogen and oxygen atoms in total. The van der Waals surface area contributed by atoms with Gasteiger partial charge in [-0.15, -0.1) is 0 Å². The zero-order chi connectivity index (χ0) is 11.6. The molecule has 0 aromatic carbocycles. The summed E-state index contributed by atoms with van der Waals surface area (Å²) in [5.41, 5.74) is 0.0294. The third-order valence-electron chi connectivity index (χ3n) is 4.29. The lowest BCUT2D eigenvalue weighted by Crippen LogP contribution is -2.32. The van der Waals surface area contributed by atoms with Crippen molar-refractivity contribution in [2.24, 2.45) is 17.8 Å². The van der Waals surface area contributed by atoms with E-state index in [2.05, 4.69) is 19.2 Å². The van der Waals surface area contributed by atoms with Crippen LogP contribution < -0.4 is 5.32 Å². The van der Waals surface area contributed by atoms with Gasteiger partial charge >= 0.3 is 0 Å². The van der Waals surface area contributed by atoms with E-state index in [4.69, 9.17) is 4.74 Å². The molecule has 0 aliphatic heterocycles. The summed E-state index contributed by atoms with van der Waals surface area (Å²) in [7, 11) is 1.80. The van der Waals surface area contributed by atoms with Gasteiger partial charge in [0.05, 0.1) is 5.60 Å². The number of ether oxygens (including phenoxy) is 1. The summed E-state index contributed by atoms with van der Waals surface area (Å²) in [4.78, 5) is 0. The van der Waals surface area contributed by atoms with Gasteiger partial charge in [-0.2, -0.15) is 0 Å². The van der Waals surface area contributed by atoms with Crippen LogP contribution in [0.25, 0.3) is 0 Å². The normalized spacial score (nSPS) is 21.8. The Morgan fingerprint density at radius 2 is 1.75 bits per heavy atom. The highest BCUT2D eigenvalue weighted by Gasteiger charge is 2.40. The van der Waals surface area contributed by atoms with E-state index in [0.717, 1.165) is 30.7 Å². The summed E-state index contributed by atoms with van der Waals surface area (Å²) in [6.45, 7) is 6.66. The smallest absolute Gasteiger partial charge is 0.0634 e. The lowest BCUT2D eigenvalue weighted by molar-refractivity contribution is 0.0156. The van der Waals surface area contributed by atoms with Gasteiger partial charge in [0.1, 0.15) is 0 Å². The lowest BCUT2D eigenvalue weighted by atomic mass is 9.97. The number of nitrogens with one attached hydrogen (secondary N) is 1. The minimum atomic E-state index is 0.0294. The molecule has 2 aliphatic carbocycles. The Labute approximate surface area is 100 Å². The van der Waals surface area contributed by atoms with Crippen molar-refractivity contribution in [1.29, 1.82) is 0 Å². The van der Waals surface area contributed by atoms with Gasteiger partial charge in [-0.3, -0.25) is 0 Å². The van der Waals surface area contributed by atoms with E-state index in [0.29, 0.717) is 0 Å². The van der Waals surface area contributed by atoms with Gasteiger partial charge in [0.2, 0.25) is 0 Å². The largest absolute Gasteiger partial charge is 0.379 e. The summed E-state index contributed by atoms with van der Waals surface area (Å²) >= 11 is 0. The SMILES string of the molecule is COC(C)(C)CCNCC(C1CC1)C1CC1. The molecule has 2 rings (SSSR count). The summed E-state index contributed by atoms with van der Waals surface area (Å²) < 4.78 is 5.42. The van der Waals surface area contributed by atoms with Crippen LogP contribution in [-0.4, -0.2) is 25.8 Å². The Morgan fingerprint density at radius 1 is 1.19 bits per heavy atom. The Hall–Kier alpha value is -0.0800. The molecule has 0 bridgehead atoms. The maximum Gasteiger partial charge on any atom is 0.0634 e. The van der Waals surface area contributed by atoms with E-state index in [1.165, 1.54) is 32.2 Å². The number of hydrogen-bond donors (Lipinski definition) is 1. The summed E-state index contributed by atoms with van der Waals surface area (Å²) in [6, 6.07) is 0. The molecule has 94 valence electrons. The maximum atomic E-state index is 5.42. The molecule has 0 amide bonds. The van der Waals surface area contributed by atoms with Crippen molar-refractivity contribution in [1.82, 2.24) is 5.32 Å². The van der Waals surface area contributed by atoms with Crippen LogP contribution in [0.3, 0.4) is 0 Å². The van der Waals surface area contributed by atoms with E-state index in [-0.39, 0.29) is 5.60 Å². The first-order valence-corrected chi connectivity index (χ1v) is 6.88. The third-order valence-corrected chi connectivity index (χ3v) is 4.29. The highest BCUT2D eigenvalue weighted by atomic mass is 16.5. The molecule has 2 aliphatic rings. The van der Waals surface area contributed by atoms with Crippen LogP contribution in [-0.2, 0) is 4.74 Å². The minimum absolute atomic E-state index is 0.0294. The van der Waals surface area contributed by atoms with Gasteiger partial charge in [0, 0.05) is 7.11 Å². The predicted molar refractivity (Wildman–Crippen MR) is 67.5 cm³/mol. The Balaban J connectivity index is 1.59. The number of rotatable bonds is 8. The highest BCUT2D eigenvalue weighted by Crippen LogP contribution is 2.48. The predicted octanol–water partition coefficient (Wildman–Crippen LogP) is 2.83. The molecule has 0 spiro atoms. The van der Waals surface area contributed by atoms with Gasteiger partial charge in [-0.1, -0.05) is 0 Å². The van der Waals surface area contributed by atoms with Gasteiger partial charge < -0.3 is 10.1 Å². The first-order chi connectivity index (χ1) is 7.62. The topological polar surface area (TPSA) is 21.3 Å². The van der Waals surface area contributed by atoms with Crippen LogP contribution in [0, 0.1) is 17.8 Å². The maximum absolute atomic E-state index is 5.42. The fourth-order valence-corrected chi connectivity index (χ4v) is 2.53. The van der Waals surface area contributed by atoms with Gasteiger partial charge in [0.15, 0.2) is 0 Å². The molecule has 0 aromatic heterocycles. The van der Waals surface area contributed by atoms with Crippen molar-refractivity contribution in [3.05, 3.63) is 0 Å². The molecule has 2 saturated carbocycles. The highest BCUT2D eigenvalue weighted by molar-refractivity contribution is 4.92. The second-order valence-electron chi connectivity index (χ2n) is 6.26. The van der Waals surface area contributed by atoms with Crippen LogP contribution in [0.5, 0.6) is 0 Å². The van der Waals surface area contributed by atoms with E-state index in [9.17, 15) is 0 Å². The quantitative estimate of drug-likeness (QED) is 0.641. The molecule has 16 heavy (non-hydrogen) atoms. The molecular weight excluding hydrogens is 198 g/mol. The monoisotopic (exact) mass is 225 g/mol. The number of methoxy groups -OCH3 is 1. The van der Waals surface area contributed by atoms with E-state index < -0.39 is 0 Å². The molecule has 0 radical (unpaired) electrons. The first kappa shape index (κ1) is 12.4. The molecule has 0 heterocycles. The second-order valence-corrected chi connectivity index (χ2v) is 6.26. The van der Waals surface area contributed by atoms with Crippen LogP contribution in [0.1, 0.15) is 46.0 Å². The fraction of sp³-hybridized carbons (Fsp3) is 1.00. The average Bonchev–Trinajstić information content (AvgIpc) is 3.11. The lowest BCUT2D eigenvalue weighted by Gasteiger charge is -2.24. The van der Waals surface area contributed by atoms with Crippen LogP contribution in [0.15, 0.2) is 0 Å². The van der Waals surface area contributed by atoms with Crippen molar-refractivity contribution in [2.75, 3.05) is 20.2 Å². The summed E-state index contributed by atoms with van der Waals surface area (Å²) in [5, 5.41) is 3.64. The van der Waals surface area contributed by atoms with Gasteiger partial charge in [0.25, 0.3) is 0 Å². The van der Waals surface area contributed by atoms with Crippen LogP contribution in [0.4, 0.5) is 0 Å². The van der Waals surface area contributed by atoms with Gasteiger partial charge in [-0.25, -0.2) is 0 Å². The molecule has 0 saturated heterocycles. The summed E-state index contributed by atoms with van der Waals surface area (Å²) in [5.74, 6) is 3.12. The zero-order valence-corrected chi connectivity index (χ0v) is 11.1. The third kappa shape index (κ3) is 3.74. The molecule has 0 aromatic rings. The van der Waals surface area contributed by atoms with Crippen LogP contribution in [0.2, 0.25) is 0 Å². The standard InChI is InChI=1S/C14H27NO/c1-14(2,16-3)8-9-15-10-13(11-4-5-11)12-6-7-12/h11-13,15H,4-10H2,1-3H3. The number of hydrogen-bond acceptors (Lipinski definition) is 2. The first-order valence-electron chi connectivity index (χ1n) is 6.88. The Bertz CT molecular complexity index is 207. The van der Waals surface area contributed by atoms with E-state index in [1.54, 1.807) is 7.11 Å². The van der Waals surface area contributed by atoms with Crippen molar-refractivity contribution >= 4 is 0 Å². The molecule has 2 fully saturated rings. The second kappa shape index (κ2) is 5.05. The molecule has 0 unspecified atom stereocenters. The minimum Gasteiger partial charge on any atom is -0.379 e.